The quantitative estimate of drug-likeness (QED) is 0.549. The smallest absolute Gasteiger partial charge is 0.341 e. The summed E-state index contributed by atoms with van der Waals surface area (Å²) >= 11 is 4.81. The number of thiocarbonyl (C=S) groups is 1. The normalized spacial score (nSPS) is 16.1. The number of benzene rings is 1. The van der Waals surface area contributed by atoms with Gasteiger partial charge in [0, 0.05) is 0 Å². The second kappa shape index (κ2) is 5.49. The van der Waals surface area contributed by atoms with E-state index >= 15 is 0 Å². The van der Waals surface area contributed by atoms with E-state index in [0.717, 1.165) is 5.56 Å². The summed E-state index contributed by atoms with van der Waals surface area (Å²) in [7, 11) is 0. The topological polar surface area (TPSA) is 87.7 Å². The molecule has 1 amide bonds. The Morgan fingerprint density at radius 2 is 2.00 bits per heavy atom. The Morgan fingerprint density at radius 1 is 1.32 bits per heavy atom. The average Bonchev–Trinajstić information content (AvgIpc) is 2.67. The zero-order chi connectivity index (χ0) is 13.8. The van der Waals surface area contributed by atoms with Gasteiger partial charge in [-0.25, -0.2) is 4.79 Å². The third-order valence-electron chi connectivity index (χ3n) is 2.27. The van der Waals surface area contributed by atoms with Crippen molar-refractivity contribution in [3.63, 3.8) is 0 Å². The van der Waals surface area contributed by atoms with Crippen LogP contribution < -0.4 is 15.4 Å². The van der Waals surface area contributed by atoms with Gasteiger partial charge < -0.3 is 15.2 Å². The summed E-state index contributed by atoms with van der Waals surface area (Å²) in [6, 6.07) is 6.67. The lowest BCUT2D eigenvalue weighted by Crippen LogP contribution is -2.21. The van der Waals surface area contributed by atoms with Crippen LogP contribution in [0.1, 0.15) is 5.56 Å². The van der Waals surface area contributed by atoms with Crippen molar-refractivity contribution in [2.45, 2.75) is 0 Å². The van der Waals surface area contributed by atoms with Crippen LogP contribution in [0.25, 0.3) is 6.08 Å². The summed E-state index contributed by atoms with van der Waals surface area (Å²) in [5.41, 5.74) is 1.13. The van der Waals surface area contributed by atoms with Crippen LogP contribution in [0.2, 0.25) is 0 Å². The number of rotatable bonds is 4. The molecule has 7 heteroatoms. The highest BCUT2D eigenvalue weighted by Crippen LogP contribution is 2.14. The van der Waals surface area contributed by atoms with Gasteiger partial charge in [-0.15, -0.1) is 0 Å². The maximum atomic E-state index is 11.4. The number of carboxylic acid groups (broad SMARTS) is 1. The van der Waals surface area contributed by atoms with Crippen molar-refractivity contribution in [3.8, 4) is 5.75 Å². The fraction of sp³-hybridized carbons (Fsp3) is 0.0833. The van der Waals surface area contributed by atoms with Crippen molar-refractivity contribution in [1.29, 1.82) is 0 Å². The number of nitrogens with one attached hydrogen (secondary N) is 2. The molecule has 1 saturated heterocycles. The highest BCUT2D eigenvalue weighted by atomic mass is 32.1. The largest absolute Gasteiger partial charge is 0.482 e. The van der Waals surface area contributed by atoms with E-state index in [4.69, 9.17) is 22.1 Å². The van der Waals surface area contributed by atoms with Gasteiger partial charge in [0.25, 0.3) is 5.91 Å². The minimum absolute atomic E-state index is 0.276. The molecule has 1 aliphatic heterocycles. The second-order valence-electron chi connectivity index (χ2n) is 3.72. The third-order valence-corrected chi connectivity index (χ3v) is 2.48. The number of aliphatic carboxylic acids is 1. The van der Waals surface area contributed by atoms with Crippen LogP contribution in [0.3, 0.4) is 0 Å². The molecule has 1 heterocycles. The molecule has 3 N–H and O–H groups in total. The summed E-state index contributed by atoms with van der Waals surface area (Å²) in [5.74, 6) is -0.869. The first-order valence-electron chi connectivity index (χ1n) is 5.33. The molecule has 1 aromatic carbocycles. The Kier molecular flexibility index (Phi) is 3.76. The summed E-state index contributed by atoms with van der Waals surface area (Å²) in [6.45, 7) is -0.390. The van der Waals surface area contributed by atoms with Gasteiger partial charge in [-0.2, -0.15) is 0 Å². The van der Waals surface area contributed by atoms with Gasteiger partial charge in [0.1, 0.15) is 11.4 Å². The minimum atomic E-state index is -1.04. The summed E-state index contributed by atoms with van der Waals surface area (Å²) in [5, 5.41) is 13.9. The first kappa shape index (κ1) is 13.0. The zero-order valence-corrected chi connectivity index (χ0v) is 10.5. The number of ether oxygens (including phenoxy) is 1. The molecule has 0 bridgehead atoms. The maximum Gasteiger partial charge on any atom is 0.341 e. The third kappa shape index (κ3) is 3.52. The predicted octanol–water partition coefficient (Wildman–Crippen LogP) is 0.495. The molecular weight excluding hydrogens is 268 g/mol. The lowest BCUT2D eigenvalue weighted by atomic mass is 10.2. The van der Waals surface area contributed by atoms with E-state index in [2.05, 4.69) is 10.6 Å². The van der Waals surface area contributed by atoms with E-state index in [0.29, 0.717) is 11.4 Å². The number of carboxylic acids is 1. The molecule has 2 rings (SSSR count). The van der Waals surface area contributed by atoms with Crippen LogP contribution in [-0.2, 0) is 9.59 Å². The van der Waals surface area contributed by atoms with Gasteiger partial charge in [0.15, 0.2) is 11.7 Å². The van der Waals surface area contributed by atoms with Crippen molar-refractivity contribution < 1.29 is 19.4 Å². The van der Waals surface area contributed by atoms with E-state index in [1.807, 2.05) is 0 Å². The zero-order valence-electron chi connectivity index (χ0n) is 9.67. The van der Waals surface area contributed by atoms with Crippen LogP contribution >= 0.6 is 12.2 Å². The van der Waals surface area contributed by atoms with Gasteiger partial charge in [-0.3, -0.25) is 10.1 Å². The van der Waals surface area contributed by atoms with Crippen LogP contribution in [0, 0.1) is 0 Å². The summed E-state index contributed by atoms with van der Waals surface area (Å²) < 4.78 is 4.99. The Hall–Kier alpha value is -2.41. The van der Waals surface area contributed by atoms with Crippen molar-refractivity contribution in [2.75, 3.05) is 6.61 Å². The lowest BCUT2D eigenvalue weighted by molar-refractivity contribution is -0.139. The Labute approximate surface area is 114 Å². The first-order valence-corrected chi connectivity index (χ1v) is 5.74. The van der Waals surface area contributed by atoms with Crippen molar-refractivity contribution in [1.82, 2.24) is 10.6 Å². The van der Waals surface area contributed by atoms with Crippen LogP contribution in [0.15, 0.2) is 30.0 Å². The number of amides is 1. The Balaban J connectivity index is 2.06. The molecule has 0 unspecified atom stereocenters. The molecular formula is C12H10N2O4S. The minimum Gasteiger partial charge on any atom is -0.482 e. The van der Waals surface area contributed by atoms with Crippen molar-refractivity contribution in [3.05, 3.63) is 35.5 Å². The monoisotopic (exact) mass is 278 g/mol. The van der Waals surface area contributed by atoms with Crippen LogP contribution in [0.5, 0.6) is 5.75 Å². The van der Waals surface area contributed by atoms with E-state index in [-0.39, 0.29) is 11.0 Å². The number of hydrogen-bond donors (Lipinski definition) is 3. The van der Waals surface area contributed by atoms with Gasteiger partial charge in [-0.05, 0) is 36.0 Å². The second-order valence-corrected chi connectivity index (χ2v) is 4.13. The van der Waals surface area contributed by atoms with Gasteiger partial charge in [-0.1, -0.05) is 12.1 Å². The fourth-order valence-corrected chi connectivity index (χ4v) is 1.66. The molecule has 1 aromatic rings. The maximum absolute atomic E-state index is 11.4. The van der Waals surface area contributed by atoms with E-state index in [9.17, 15) is 9.59 Å². The van der Waals surface area contributed by atoms with Gasteiger partial charge in [0.2, 0.25) is 0 Å². The van der Waals surface area contributed by atoms with Gasteiger partial charge >= 0.3 is 5.97 Å². The molecule has 19 heavy (non-hydrogen) atoms. The fourth-order valence-electron chi connectivity index (χ4n) is 1.45. The molecule has 0 aromatic heterocycles. The number of hydrogen-bond acceptors (Lipinski definition) is 4. The molecule has 0 spiro atoms. The first-order chi connectivity index (χ1) is 9.04. The SMILES string of the molecule is O=C(O)COc1ccc(/C=C2/NC(=S)NC2=O)cc1. The highest BCUT2D eigenvalue weighted by molar-refractivity contribution is 7.80. The predicted molar refractivity (Wildman–Crippen MR) is 71.4 cm³/mol. The molecule has 98 valence electrons. The molecule has 0 aliphatic carbocycles. The van der Waals surface area contributed by atoms with E-state index in [1.165, 1.54) is 0 Å². The Morgan fingerprint density at radius 3 is 2.53 bits per heavy atom. The lowest BCUT2D eigenvalue weighted by Gasteiger charge is -2.03. The standard InChI is InChI=1S/C12H10N2O4S/c15-10(16)6-18-8-3-1-7(2-4-8)5-9-11(17)14-12(19)13-9/h1-5H,6H2,(H,15,16)(H2,13,14,17,19)/b9-5+. The van der Waals surface area contributed by atoms with Crippen molar-refractivity contribution in [2.24, 2.45) is 0 Å². The van der Waals surface area contributed by atoms with E-state index in [1.54, 1.807) is 30.3 Å². The Bertz CT molecular complexity index is 566. The van der Waals surface area contributed by atoms with Crippen LogP contribution in [-0.4, -0.2) is 28.7 Å². The number of carbonyl (C=O) groups excluding carboxylic acids is 1. The summed E-state index contributed by atoms with van der Waals surface area (Å²) in [4.78, 5) is 21.8. The molecule has 0 atom stereocenters. The molecule has 0 radical (unpaired) electrons. The molecule has 0 saturated carbocycles. The van der Waals surface area contributed by atoms with Gasteiger partial charge in [0.05, 0.1) is 0 Å². The highest BCUT2D eigenvalue weighted by Gasteiger charge is 2.19. The number of carbonyl (C=O) groups is 2. The molecule has 1 aliphatic rings. The van der Waals surface area contributed by atoms with Crippen LogP contribution in [0.4, 0.5) is 0 Å². The summed E-state index contributed by atoms with van der Waals surface area (Å²) in [6.07, 6.45) is 1.63. The average molecular weight is 278 g/mol. The molecule has 1 fully saturated rings. The molecule has 6 nitrogen and oxygen atoms in total. The van der Waals surface area contributed by atoms with Crippen molar-refractivity contribution >= 4 is 35.3 Å². The van der Waals surface area contributed by atoms with E-state index < -0.39 is 12.6 Å².